The number of thiophene rings is 1. The van der Waals surface area contributed by atoms with Crippen molar-refractivity contribution in [3.63, 3.8) is 0 Å². The standard InChI is InChI=1S/C9H14BrNO2S2/c1-3-8-4-5-9(14-8)15(12,13)11(2)7-6-10/h4-5H,3,6-7H2,1-2H3. The fourth-order valence-corrected chi connectivity index (χ4v) is 4.52. The van der Waals surface area contributed by atoms with Crippen molar-refractivity contribution in [2.45, 2.75) is 17.6 Å². The lowest BCUT2D eigenvalue weighted by atomic mass is 10.4. The lowest BCUT2D eigenvalue weighted by Gasteiger charge is -2.13. The first-order chi connectivity index (χ1) is 7.02. The Balaban J connectivity index is 2.95. The van der Waals surface area contributed by atoms with Gasteiger partial charge in [-0.3, -0.25) is 0 Å². The van der Waals surface area contributed by atoms with Crippen molar-refractivity contribution < 1.29 is 8.42 Å². The second-order valence-corrected chi connectivity index (χ2v) is 7.32. The van der Waals surface area contributed by atoms with Crippen LogP contribution < -0.4 is 0 Å². The van der Waals surface area contributed by atoms with Crippen LogP contribution in [0.1, 0.15) is 11.8 Å². The van der Waals surface area contributed by atoms with E-state index in [1.54, 1.807) is 13.1 Å². The summed E-state index contributed by atoms with van der Waals surface area (Å²) in [5.74, 6) is 0. The highest BCUT2D eigenvalue weighted by atomic mass is 79.9. The van der Waals surface area contributed by atoms with Gasteiger partial charge >= 0.3 is 0 Å². The zero-order valence-electron chi connectivity index (χ0n) is 8.73. The minimum atomic E-state index is -3.27. The van der Waals surface area contributed by atoms with Gasteiger partial charge in [-0.15, -0.1) is 11.3 Å². The summed E-state index contributed by atoms with van der Waals surface area (Å²) in [6.07, 6.45) is 0.877. The molecule has 0 bridgehead atoms. The average Bonchev–Trinajstić information content (AvgIpc) is 2.66. The highest BCUT2D eigenvalue weighted by molar-refractivity contribution is 9.09. The summed E-state index contributed by atoms with van der Waals surface area (Å²) in [6, 6.07) is 3.56. The maximum absolute atomic E-state index is 12.0. The molecule has 0 spiro atoms. The van der Waals surface area contributed by atoms with E-state index in [-0.39, 0.29) is 0 Å². The van der Waals surface area contributed by atoms with E-state index in [9.17, 15) is 8.42 Å². The highest BCUT2D eigenvalue weighted by Gasteiger charge is 2.21. The minimum Gasteiger partial charge on any atom is -0.206 e. The molecule has 0 radical (unpaired) electrons. The van der Waals surface area contributed by atoms with Gasteiger partial charge in [0.15, 0.2) is 0 Å². The van der Waals surface area contributed by atoms with E-state index in [2.05, 4.69) is 15.9 Å². The van der Waals surface area contributed by atoms with Gasteiger partial charge in [-0.1, -0.05) is 22.9 Å². The minimum absolute atomic E-state index is 0.433. The molecule has 3 nitrogen and oxygen atoms in total. The van der Waals surface area contributed by atoms with E-state index in [4.69, 9.17) is 0 Å². The maximum atomic E-state index is 12.0. The Labute approximate surface area is 103 Å². The molecule has 0 fully saturated rings. The Morgan fingerprint density at radius 1 is 1.47 bits per heavy atom. The first-order valence-electron chi connectivity index (χ1n) is 4.63. The molecule has 0 aliphatic rings. The first kappa shape index (κ1) is 13.2. The molecule has 0 saturated heterocycles. The van der Waals surface area contributed by atoms with Crippen LogP contribution in [0.2, 0.25) is 0 Å². The fraction of sp³-hybridized carbons (Fsp3) is 0.556. The second kappa shape index (κ2) is 5.43. The van der Waals surface area contributed by atoms with Gasteiger partial charge in [0.1, 0.15) is 4.21 Å². The predicted molar refractivity (Wildman–Crippen MR) is 67.3 cm³/mol. The summed E-state index contributed by atoms with van der Waals surface area (Å²) in [7, 11) is -1.67. The normalized spacial score (nSPS) is 12.3. The predicted octanol–water partition coefficient (Wildman–Crippen LogP) is 2.33. The molecule has 0 aliphatic heterocycles. The van der Waals surface area contributed by atoms with E-state index in [1.165, 1.54) is 15.6 Å². The van der Waals surface area contributed by atoms with Crippen LogP contribution in [0.25, 0.3) is 0 Å². The molecule has 1 aromatic heterocycles. The lowest BCUT2D eigenvalue weighted by molar-refractivity contribution is 0.491. The van der Waals surface area contributed by atoms with E-state index in [1.807, 2.05) is 13.0 Å². The van der Waals surface area contributed by atoms with Crippen molar-refractivity contribution in [2.24, 2.45) is 0 Å². The number of hydrogen-bond acceptors (Lipinski definition) is 3. The Bertz CT molecular complexity index is 414. The van der Waals surface area contributed by atoms with Gasteiger partial charge in [0.2, 0.25) is 0 Å². The van der Waals surface area contributed by atoms with E-state index in [0.717, 1.165) is 11.3 Å². The van der Waals surface area contributed by atoms with Crippen molar-refractivity contribution in [3.8, 4) is 0 Å². The zero-order chi connectivity index (χ0) is 11.5. The smallest absolute Gasteiger partial charge is 0.206 e. The molecule has 1 rings (SSSR count). The summed E-state index contributed by atoms with van der Waals surface area (Å²) in [4.78, 5) is 1.10. The molecule has 0 saturated carbocycles. The van der Waals surface area contributed by atoms with Crippen LogP contribution >= 0.6 is 27.3 Å². The van der Waals surface area contributed by atoms with Crippen LogP contribution in [0.4, 0.5) is 0 Å². The third kappa shape index (κ3) is 3.03. The summed E-state index contributed by atoms with van der Waals surface area (Å²) in [6.45, 7) is 2.51. The van der Waals surface area contributed by atoms with Crippen molar-refractivity contribution in [1.82, 2.24) is 4.31 Å². The molecule has 0 amide bonds. The number of rotatable bonds is 5. The summed E-state index contributed by atoms with van der Waals surface area (Å²) >= 11 is 4.58. The van der Waals surface area contributed by atoms with Gasteiger partial charge in [0, 0.05) is 23.8 Å². The number of aryl methyl sites for hydroxylation is 1. The van der Waals surface area contributed by atoms with Crippen molar-refractivity contribution in [1.29, 1.82) is 0 Å². The van der Waals surface area contributed by atoms with Crippen molar-refractivity contribution >= 4 is 37.3 Å². The largest absolute Gasteiger partial charge is 0.252 e. The van der Waals surface area contributed by atoms with Gasteiger partial charge in [0.25, 0.3) is 10.0 Å². The number of halogens is 1. The molecular weight excluding hydrogens is 298 g/mol. The highest BCUT2D eigenvalue weighted by Crippen LogP contribution is 2.24. The van der Waals surface area contributed by atoms with Gasteiger partial charge in [-0.05, 0) is 18.6 Å². The van der Waals surface area contributed by atoms with E-state index in [0.29, 0.717) is 16.1 Å². The fourth-order valence-electron chi connectivity index (χ4n) is 1.08. The van der Waals surface area contributed by atoms with Crippen molar-refractivity contribution in [2.75, 3.05) is 18.9 Å². The quantitative estimate of drug-likeness (QED) is 0.783. The van der Waals surface area contributed by atoms with Gasteiger partial charge < -0.3 is 0 Å². The second-order valence-electron chi connectivity index (χ2n) is 3.09. The molecule has 1 aromatic rings. The molecule has 1 heterocycles. The number of hydrogen-bond donors (Lipinski definition) is 0. The Morgan fingerprint density at radius 3 is 2.60 bits per heavy atom. The molecular formula is C9H14BrNO2S2. The number of nitrogens with zero attached hydrogens (tertiary/aromatic N) is 1. The Morgan fingerprint density at radius 2 is 2.13 bits per heavy atom. The average molecular weight is 312 g/mol. The molecule has 86 valence electrons. The maximum Gasteiger partial charge on any atom is 0.252 e. The van der Waals surface area contributed by atoms with Crippen LogP contribution in [0.15, 0.2) is 16.3 Å². The van der Waals surface area contributed by atoms with Crippen LogP contribution in [0, 0.1) is 0 Å². The Kier molecular flexibility index (Phi) is 4.76. The molecule has 0 aromatic carbocycles. The van der Waals surface area contributed by atoms with Gasteiger partial charge in [-0.2, -0.15) is 4.31 Å². The number of sulfonamides is 1. The van der Waals surface area contributed by atoms with Gasteiger partial charge in [-0.25, -0.2) is 8.42 Å². The van der Waals surface area contributed by atoms with E-state index < -0.39 is 10.0 Å². The monoisotopic (exact) mass is 311 g/mol. The zero-order valence-corrected chi connectivity index (χ0v) is 12.0. The first-order valence-corrected chi connectivity index (χ1v) is 8.01. The Hall–Kier alpha value is 0.0900. The molecule has 15 heavy (non-hydrogen) atoms. The molecule has 0 aliphatic carbocycles. The van der Waals surface area contributed by atoms with Crippen LogP contribution in [0.3, 0.4) is 0 Å². The molecule has 0 N–H and O–H groups in total. The van der Waals surface area contributed by atoms with Crippen LogP contribution in [-0.2, 0) is 16.4 Å². The summed E-state index contributed by atoms with van der Waals surface area (Å²) in [5.41, 5.74) is 0. The summed E-state index contributed by atoms with van der Waals surface area (Å²) < 4.78 is 25.7. The SMILES string of the molecule is CCc1ccc(S(=O)(=O)N(C)CCBr)s1. The van der Waals surface area contributed by atoms with Crippen molar-refractivity contribution in [3.05, 3.63) is 17.0 Å². The molecule has 0 unspecified atom stereocenters. The summed E-state index contributed by atoms with van der Waals surface area (Å²) in [5, 5.41) is 0.648. The third-order valence-corrected chi connectivity index (χ3v) is 5.96. The van der Waals surface area contributed by atoms with Gasteiger partial charge in [0.05, 0.1) is 0 Å². The topological polar surface area (TPSA) is 37.4 Å². The molecule has 0 atom stereocenters. The van der Waals surface area contributed by atoms with Crippen LogP contribution in [-0.4, -0.2) is 31.6 Å². The van der Waals surface area contributed by atoms with E-state index >= 15 is 0 Å². The molecule has 6 heteroatoms. The third-order valence-electron chi connectivity index (χ3n) is 2.05. The lowest BCUT2D eigenvalue weighted by Crippen LogP contribution is -2.27. The van der Waals surface area contributed by atoms with Crippen LogP contribution in [0.5, 0.6) is 0 Å². The number of alkyl halides is 1.